The van der Waals surface area contributed by atoms with Gasteiger partial charge in [0.2, 0.25) is 0 Å². The fourth-order valence-corrected chi connectivity index (χ4v) is 5.59. The Kier molecular flexibility index (Phi) is 2.72. The number of allylic oxidation sites excluding steroid dienone is 3. The second-order valence-corrected chi connectivity index (χ2v) is 7.76. The van der Waals surface area contributed by atoms with Gasteiger partial charge in [-0.25, -0.2) is 8.42 Å². The van der Waals surface area contributed by atoms with Gasteiger partial charge in [-0.1, -0.05) is 41.5 Å². The van der Waals surface area contributed by atoms with E-state index in [2.05, 4.69) is 6.08 Å². The van der Waals surface area contributed by atoms with E-state index in [1.54, 1.807) is 0 Å². The van der Waals surface area contributed by atoms with Gasteiger partial charge in [0.1, 0.15) is 0 Å². The molecule has 3 heteroatoms. The van der Waals surface area contributed by atoms with E-state index in [1.807, 2.05) is 45.1 Å². The molecule has 19 heavy (non-hydrogen) atoms. The lowest BCUT2D eigenvalue weighted by molar-refractivity contribution is 0.539. The summed E-state index contributed by atoms with van der Waals surface area (Å²) >= 11 is 0. The van der Waals surface area contributed by atoms with Crippen LogP contribution in [-0.4, -0.2) is 13.7 Å². The molecule has 1 aliphatic heterocycles. The molecule has 0 bridgehead atoms. The Morgan fingerprint density at radius 1 is 1.16 bits per heavy atom. The molecule has 0 fully saturated rings. The van der Waals surface area contributed by atoms with Gasteiger partial charge in [-0.05, 0) is 38.3 Å². The van der Waals surface area contributed by atoms with Crippen molar-refractivity contribution in [1.29, 1.82) is 0 Å². The van der Waals surface area contributed by atoms with E-state index >= 15 is 0 Å². The third-order valence-corrected chi connectivity index (χ3v) is 6.42. The van der Waals surface area contributed by atoms with Crippen LogP contribution in [0.2, 0.25) is 0 Å². The minimum atomic E-state index is -3.25. The van der Waals surface area contributed by atoms with E-state index in [-0.39, 0.29) is 11.2 Å². The molecule has 0 saturated heterocycles. The van der Waals surface area contributed by atoms with Crippen LogP contribution in [0.3, 0.4) is 0 Å². The Hall–Kier alpha value is -1.35. The van der Waals surface area contributed by atoms with Crippen molar-refractivity contribution in [2.45, 2.75) is 37.3 Å². The predicted molar refractivity (Wildman–Crippen MR) is 77.0 cm³/mol. The smallest absolute Gasteiger partial charge is 0.185 e. The fraction of sp³-hybridized carbons (Fsp3) is 0.375. The van der Waals surface area contributed by atoms with Gasteiger partial charge in [-0.2, -0.15) is 0 Å². The van der Waals surface area contributed by atoms with E-state index in [0.29, 0.717) is 4.90 Å². The highest BCUT2D eigenvalue weighted by Gasteiger charge is 2.40. The SMILES string of the molecule is CC1=CC2Cc3cc(C)cc(C)c3S(=O)(=O)C2C=C1. The van der Waals surface area contributed by atoms with Crippen LogP contribution in [0.25, 0.3) is 0 Å². The number of hydrogen-bond acceptors (Lipinski definition) is 2. The van der Waals surface area contributed by atoms with Crippen LogP contribution in [0.4, 0.5) is 0 Å². The van der Waals surface area contributed by atoms with Crippen molar-refractivity contribution in [3.05, 3.63) is 52.6 Å². The Bertz CT molecular complexity index is 709. The van der Waals surface area contributed by atoms with E-state index < -0.39 is 9.84 Å². The summed E-state index contributed by atoms with van der Waals surface area (Å²) in [5.41, 5.74) is 4.16. The molecule has 0 spiro atoms. The lowest BCUT2D eigenvalue weighted by Crippen LogP contribution is -2.35. The van der Waals surface area contributed by atoms with Crippen LogP contribution >= 0.6 is 0 Å². The molecule has 2 atom stereocenters. The van der Waals surface area contributed by atoms with Crippen LogP contribution < -0.4 is 0 Å². The summed E-state index contributed by atoms with van der Waals surface area (Å²) in [6.45, 7) is 5.95. The number of sulfone groups is 1. The van der Waals surface area contributed by atoms with Gasteiger partial charge in [-0.3, -0.25) is 0 Å². The molecule has 0 amide bonds. The first-order chi connectivity index (χ1) is 8.89. The Labute approximate surface area is 114 Å². The Morgan fingerprint density at radius 2 is 1.89 bits per heavy atom. The standard InChI is InChI=1S/C16H18O2S/c1-10-4-5-15-13(7-10)9-14-8-11(2)6-12(3)16(14)19(15,17)18/h4-8,13,15H,9H2,1-3H3. The van der Waals surface area contributed by atoms with Gasteiger partial charge in [0.15, 0.2) is 9.84 Å². The minimum absolute atomic E-state index is 0.0868. The number of rotatable bonds is 0. The van der Waals surface area contributed by atoms with Crippen LogP contribution in [0.15, 0.2) is 40.8 Å². The molecule has 3 rings (SSSR count). The molecule has 1 aromatic rings. The quantitative estimate of drug-likeness (QED) is 0.728. The lowest BCUT2D eigenvalue weighted by atomic mass is 9.88. The number of aryl methyl sites for hydroxylation is 2. The van der Waals surface area contributed by atoms with E-state index in [4.69, 9.17) is 0 Å². The summed E-state index contributed by atoms with van der Waals surface area (Å²) in [4.78, 5) is 0.567. The number of fused-ring (bicyclic) bond motifs is 2. The fourth-order valence-electron chi connectivity index (χ4n) is 3.38. The minimum Gasteiger partial charge on any atom is -0.223 e. The van der Waals surface area contributed by atoms with Crippen molar-refractivity contribution < 1.29 is 8.42 Å². The highest BCUT2D eigenvalue weighted by atomic mass is 32.2. The molecule has 0 N–H and O–H groups in total. The zero-order chi connectivity index (χ0) is 13.8. The summed E-state index contributed by atoms with van der Waals surface area (Å²) in [7, 11) is -3.25. The second-order valence-electron chi connectivity index (χ2n) is 5.72. The Morgan fingerprint density at radius 3 is 2.63 bits per heavy atom. The maximum atomic E-state index is 12.8. The second kappa shape index (κ2) is 4.07. The van der Waals surface area contributed by atoms with Gasteiger partial charge in [0.25, 0.3) is 0 Å². The van der Waals surface area contributed by atoms with Crippen LogP contribution in [-0.2, 0) is 16.3 Å². The monoisotopic (exact) mass is 274 g/mol. The summed E-state index contributed by atoms with van der Waals surface area (Å²) in [5, 5.41) is -0.384. The molecule has 2 unspecified atom stereocenters. The zero-order valence-corrected chi connectivity index (χ0v) is 12.3. The van der Waals surface area contributed by atoms with Crippen LogP contribution in [0.5, 0.6) is 0 Å². The maximum Gasteiger partial charge on any atom is 0.185 e. The largest absolute Gasteiger partial charge is 0.223 e. The summed E-state index contributed by atoms with van der Waals surface area (Å²) in [6.07, 6.45) is 6.71. The average molecular weight is 274 g/mol. The zero-order valence-electron chi connectivity index (χ0n) is 11.5. The number of benzene rings is 1. The van der Waals surface area contributed by atoms with Crippen LogP contribution in [0.1, 0.15) is 23.6 Å². The first-order valence-corrected chi connectivity index (χ1v) is 8.15. The summed E-state index contributed by atoms with van der Waals surface area (Å²) in [6, 6.07) is 3.99. The van der Waals surface area contributed by atoms with E-state index in [0.717, 1.165) is 28.7 Å². The highest BCUT2D eigenvalue weighted by Crippen LogP contribution is 2.39. The molecular formula is C16H18O2S. The van der Waals surface area contributed by atoms with Gasteiger partial charge in [-0.15, -0.1) is 0 Å². The average Bonchev–Trinajstić information content (AvgIpc) is 2.25. The van der Waals surface area contributed by atoms with Crippen molar-refractivity contribution in [2.75, 3.05) is 0 Å². The van der Waals surface area contributed by atoms with Crippen molar-refractivity contribution in [3.8, 4) is 0 Å². The topological polar surface area (TPSA) is 34.1 Å². The van der Waals surface area contributed by atoms with E-state index in [1.165, 1.54) is 0 Å². The van der Waals surface area contributed by atoms with E-state index in [9.17, 15) is 8.42 Å². The lowest BCUT2D eigenvalue weighted by Gasteiger charge is -2.32. The molecule has 2 nitrogen and oxygen atoms in total. The van der Waals surface area contributed by atoms with Gasteiger partial charge in [0, 0.05) is 5.92 Å². The van der Waals surface area contributed by atoms with Gasteiger partial charge in [0.05, 0.1) is 10.1 Å². The van der Waals surface area contributed by atoms with Crippen LogP contribution in [0, 0.1) is 19.8 Å². The highest BCUT2D eigenvalue weighted by molar-refractivity contribution is 7.92. The molecule has 100 valence electrons. The molecule has 1 aliphatic carbocycles. The summed E-state index contributed by atoms with van der Waals surface area (Å²) in [5.74, 6) is 0.0868. The molecule has 0 radical (unpaired) electrons. The Balaban J connectivity index is 2.25. The maximum absolute atomic E-state index is 12.8. The van der Waals surface area contributed by atoms with Crippen molar-refractivity contribution in [1.82, 2.24) is 0 Å². The first-order valence-electron chi connectivity index (χ1n) is 6.60. The normalized spacial score (nSPS) is 27.4. The molecule has 2 aliphatic rings. The van der Waals surface area contributed by atoms with Crippen molar-refractivity contribution in [3.63, 3.8) is 0 Å². The molecule has 0 aromatic heterocycles. The van der Waals surface area contributed by atoms with Crippen molar-refractivity contribution >= 4 is 9.84 Å². The van der Waals surface area contributed by atoms with Crippen molar-refractivity contribution in [2.24, 2.45) is 5.92 Å². The predicted octanol–water partition coefficient (Wildman–Crippen LogP) is 3.13. The molecule has 1 heterocycles. The third kappa shape index (κ3) is 1.88. The molecule has 0 saturated carbocycles. The number of hydrogen-bond donors (Lipinski definition) is 0. The molecule has 1 aromatic carbocycles. The van der Waals surface area contributed by atoms with Gasteiger partial charge >= 0.3 is 0 Å². The molecular weight excluding hydrogens is 256 g/mol. The van der Waals surface area contributed by atoms with Gasteiger partial charge < -0.3 is 0 Å². The first kappa shape index (κ1) is 12.7. The summed E-state index contributed by atoms with van der Waals surface area (Å²) < 4.78 is 25.6. The third-order valence-electron chi connectivity index (χ3n) is 4.04.